The number of carbonyl (C=O) groups is 2. The van der Waals surface area contributed by atoms with E-state index in [0.29, 0.717) is 22.4 Å². The number of hydrogen-bond donors (Lipinski definition) is 2. The molecule has 0 aliphatic carbocycles. The molecular weight excluding hydrogens is 366 g/mol. The van der Waals surface area contributed by atoms with Crippen molar-refractivity contribution in [3.8, 4) is 17.3 Å². The van der Waals surface area contributed by atoms with Gasteiger partial charge in [0.05, 0.1) is 29.8 Å². The fourth-order valence-electron chi connectivity index (χ4n) is 3.16. The van der Waals surface area contributed by atoms with Crippen LogP contribution in [0.25, 0.3) is 11.3 Å². The molecule has 0 radical (unpaired) electrons. The highest BCUT2D eigenvalue weighted by Crippen LogP contribution is 2.24. The van der Waals surface area contributed by atoms with Crippen LogP contribution in [0.5, 0.6) is 0 Å². The van der Waals surface area contributed by atoms with Gasteiger partial charge < -0.3 is 10.4 Å². The number of pyridine rings is 1. The Hall–Kier alpha value is -3.98. The molecule has 6 heteroatoms. The Morgan fingerprint density at radius 3 is 2.59 bits per heavy atom. The van der Waals surface area contributed by atoms with Gasteiger partial charge in [0.15, 0.2) is 0 Å². The second kappa shape index (κ2) is 8.81. The summed E-state index contributed by atoms with van der Waals surface area (Å²) in [4.78, 5) is 28.5. The van der Waals surface area contributed by atoms with Gasteiger partial charge in [-0.3, -0.25) is 14.6 Å². The van der Waals surface area contributed by atoms with Gasteiger partial charge in [-0.15, -0.1) is 0 Å². The number of carbonyl (C=O) groups excluding carboxylic acids is 1. The molecule has 1 aromatic heterocycles. The summed E-state index contributed by atoms with van der Waals surface area (Å²) in [6.07, 6.45) is 1.27. The third kappa shape index (κ3) is 4.66. The maximum Gasteiger partial charge on any atom is 0.305 e. The van der Waals surface area contributed by atoms with Crippen LogP contribution >= 0.6 is 0 Å². The van der Waals surface area contributed by atoms with Gasteiger partial charge in [0, 0.05) is 17.3 Å². The number of benzene rings is 2. The molecule has 0 fully saturated rings. The molecule has 2 N–H and O–H groups in total. The minimum absolute atomic E-state index is 0.230. The van der Waals surface area contributed by atoms with E-state index in [1.54, 1.807) is 36.4 Å². The lowest BCUT2D eigenvalue weighted by Crippen LogP contribution is -2.30. The molecule has 3 aromatic rings. The average molecular weight is 385 g/mol. The quantitative estimate of drug-likeness (QED) is 0.670. The zero-order valence-corrected chi connectivity index (χ0v) is 15.8. The van der Waals surface area contributed by atoms with E-state index in [1.807, 2.05) is 31.2 Å². The zero-order chi connectivity index (χ0) is 20.8. The van der Waals surface area contributed by atoms with E-state index in [1.165, 1.54) is 6.20 Å². The van der Waals surface area contributed by atoms with E-state index in [4.69, 9.17) is 0 Å². The van der Waals surface area contributed by atoms with Crippen molar-refractivity contribution in [3.63, 3.8) is 0 Å². The number of amides is 1. The molecule has 2 aromatic carbocycles. The molecule has 0 spiro atoms. The summed E-state index contributed by atoms with van der Waals surface area (Å²) in [6.45, 7) is 1.87. The Kier molecular flexibility index (Phi) is 6.00. The van der Waals surface area contributed by atoms with Gasteiger partial charge in [-0.1, -0.05) is 42.5 Å². The first kappa shape index (κ1) is 19.8. The molecule has 6 nitrogen and oxygen atoms in total. The monoisotopic (exact) mass is 385 g/mol. The van der Waals surface area contributed by atoms with Gasteiger partial charge in [0.25, 0.3) is 5.91 Å². The third-order valence-corrected chi connectivity index (χ3v) is 4.59. The number of carboxylic acid groups (broad SMARTS) is 1. The number of hydrogen-bond acceptors (Lipinski definition) is 4. The SMILES string of the molecule is Cc1ccccc1C(CC(=O)O)NC(=O)c1ccnc(-c2ccccc2C#N)c1. The smallest absolute Gasteiger partial charge is 0.305 e. The summed E-state index contributed by atoms with van der Waals surface area (Å²) >= 11 is 0. The molecule has 0 aliphatic rings. The zero-order valence-electron chi connectivity index (χ0n) is 15.8. The highest BCUT2D eigenvalue weighted by Gasteiger charge is 2.21. The average Bonchev–Trinajstić information content (AvgIpc) is 2.73. The predicted octanol–water partition coefficient (Wildman–Crippen LogP) is 3.87. The second-order valence-electron chi connectivity index (χ2n) is 6.57. The Labute approximate surface area is 168 Å². The minimum Gasteiger partial charge on any atom is -0.481 e. The van der Waals surface area contributed by atoms with Gasteiger partial charge in [-0.05, 0) is 36.2 Å². The molecule has 0 bridgehead atoms. The van der Waals surface area contributed by atoms with Gasteiger partial charge >= 0.3 is 5.97 Å². The van der Waals surface area contributed by atoms with E-state index >= 15 is 0 Å². The largest absolute Gasteiger partial charge is 0.481 e. The lowest BCUT2D eigenvalue weighted by atomic mass is 9.98. The number of carboxylic acids is 1. The maximum atomic E-state index is 12.9. The van der Waals surface area contributed by atoms with Crippen LogP contribution in [0.2, 0.25) is 0 Å². The summed E-state index contributed by atoms with van der Waals surface area (Å²) in [6, 6.07) is 19.0. The molecule has 1 unspecified atom stereocenters. The highest BCUT2D eigenvalue weighted by atomic mass is 16.4. The summed E-state index contributed by atoms with van der Waals surface area (Å²) in [5.41, 5.74) is 3.59. The number of aryl methyl sites for hydroxylation is 1. The lowest BCUT2D eigenvalue weighted by molar-refractivity contribution is -0.137. The molecular formula is C23H19N3O3. The Morgan fingerprint density at radius 1 is 1.14 bits per heavy atom. The van der Waals surface area contributed by atoms with Crippen molar-refractivity contribution < 1.29 is 14.7 Å². The van der Waals surface area contributed by atoms with Gasteiger partial charge in [0.1, 0.15) is 0 Å². The van der Waals surface area contributed by atoms with Crippen molar-refractivity contribution in [3.05, 3.63) is 89.1 Å². The van der Waals surface area contributed by atoms with Crippen LogP contribution in [0.15, 0.2) is 66.9 Å². The van der Waals surface area contributed by atoms with E-state index in [2.05, 4.69) is 16.4 Å². The normalized spacial score (nSPS) is 11.3. The molecule has 3 rings (SSSR count). The summed E-state index contributed by atoms with van der Waals surface area (Å²) in [5, 5.41) is 21.4. The third-order valence-electron chi connectivity index (χ3n) is 4.59. The number of nitriles is 1. The first-order chi connectivity index (χ1) is 14.0. The number of rotatable bonds is 6. The summed E-state index contributed by atoms with van der Waals surface area (Å²) in [7, 11) is 0. The van der Waals surface area contributed by atoms with E-state index in [-0.39, 0.29) is 6.42 Å². The molecule has 1 heterocycles. The molecule has 29 heavy (non-hydrogen) atoms. The van der Waals surface area contributed by atoms with Crippen molar-refractivity contribution >= 4 is 11.9 Å². The Morgan fingerprint density at radius 2 is 1.86 bits per heavy atom. The van der Waals surface area contributed by atoms with Crippen molar-refractivity contribution in [2.24, 2.45) is 0 Å². The number of aromatic nitrogens is 1. The molecule has 1 atom stereocenters. The lowest BCUT2D eigenvalue weighted by Gasteiger charge is -2.19. The van der Waals surface area contributed by atoms with Crippen molar-refractivity contribution in [2.75, 3.05) is 0 Å². The number of aliphatic carboxylic acids is 1. The van der Waals surface area contributed by atoms with Crippen LogP contribution in [0.1, 0.15) is 39.5 Å². The molecule has 0 saturated carbocycles. The van der Waals surface area contributed by atoms with E-state index < -0.39 is 17.9 Å². The number of nitrogens with zero attached hydrogens (tertiary/aromatic N) is 2. The Bertz CT molecular complexity index is 1100. The standard InChI is InChI=1S/C23H19N3O3/c1-15-6-2-4-8-18(15)21(13-22(27)28)26-23(29)16-10-11-25-20(12-16)19-9-5-3-7-17(19)14-24/h2-12,21H,13H2,1H3,(H,26,29)(H,27,28). The van der Waals surface area contributed by atoms with Crippen LogP contribution in [0.4, 0.5) is 0 Å². The minimum atomic E-state index is -1.00. The fraction of sp³-hybridized carbons (Fsp3) is 0.130. The first-order valence-electron chi connectivity index (χ1n) is 9.03. The number of nitrogens with one attached hydrogen (secondary N) is 1. The van der Waals surface area contributed by atoms with Crippen LogP contribution < -0.4 is 5.32 Å². The van der Waals surface area contributed by atoms with Crippen LogP contribution in [-0.2, 0) is 4.79 Å². The van der Waals surface area contributed by atoms with Gasteiger partial charge in [-0.2, -0.15) is 5.26 Å². The van der Waals surface area contributed by atoms with E-state index in [9.17, 15) is 20.0 Å². The van der Waals surface area contributed by atoms with Crippen LogP contribution in [-0.4, -0.2) is 22.0 Å². The summed E-state index contributed by atoms with van der Waals surface area (Å²) in [5.74, 6) is -1.41. The molecule has 1 amide bonds. The summed E-state index contributed by atoms with van der Waals surface area (Å²) < 4.78 is 0. The highest BCUT2D eigenvalue weighted by molar-refractivity contribution is 5.95. The molecule has 0 aliphatic heterocycles. The maximum absolute atomic E-state index is 12.9. The van der Waals surface area contributed by atoms with Gasteiger partial charge in [0.2, 0.25) is 0 Å². The Balaban J connectivity index is 1.90. The van der Waals surface area contributed by atoms with Crippen LogP contribution in [0.3, 0.4) is 0 Å². The second-order valence-corrected chi connectivity index (χ2v) is 6.57. The fourth-order valence-corrected chi connectivity index (χ4v) is 3.16. The van der Waals surface area contributed by atoms with E-state index in [0.717, 1.165) is 11.1 Å². The van der Waals surface area contributed by atoms with Gasteiger partial charge in [-0.25, -0.2) is 0 Å². The van der Waals surface area contributed by atoms with Crippen molar-refractivity contribution in [1.82, 2.24) is 10.3 Å². The van der Waals surface area contributed by atoms with Crippen molar-refractivity contribution in [1.29, 1.82) is 5.26 Å². The predicted molar refractivity (Wildman–Crippen MR) is 108 cm³/mol. The van der Waals surface area contributed by atoms with Crippen LogP contribution in [0, 0.1) is 18.3 Å². The molecule has 144 valence electrons. The first-order valence-corrected chi connectivity index (χ1v) is 9.03. The topological polar surface area (TPSA) is 103 Å². The van der Waals surface area contributed by atoms with Crippen molar-refractivity contribution in [2.45, 2.75) is 19.4 Å². The molecule has 0 saturated heterocycles.